The number of amides is 1. The summed E-state index contributed by atoms with van der Waals surface area (Å²) in [4.78, 5) is 11.8. The number of phenols is 1. The second kappa shape index (κ2) is 4.88. The molecule has 16 heavy (non-hydrogen) atoms. The van der Waals surface area contributed by atoms with E-state index in [1.807, 2.05) is 20.8 Å². The molecule has 0 radical (unpaired) electrons. The van der Waals surface area contributed by atoms with Crippen molar-refractivity contribution in [1.29, 1.82) is 0 Å². The minimum absolute atomic E-state index is 0.0385. The van der Waals surface area contributed by atoms with Crippen LogP contribution in [0.2, 0.25) is 0 Å². The fraction of sp³-hybridized carbons (Fsp3) is 0.417. The highest BCUT2D eigenvalue weighted by Gasteiger charge is 2.15. The number of nitrogen functional groups attached to an aromatic ring is 1. The summed E-state index contributed by atoms with van der Waals surface area (Å²) in [6.45, 7) is 5.98. The number of carbonyl (C=O) groups excluding carboxylic acids is 1. The van der Waals surface area contributed by atoms with Crippen LogP contribution in [-0.2, 0) is 0 Å². The zero-order valence-electron chi connectivity index (χ0n) is 9.82. The second-order valence-electron chi connectivity index (χ2n) is 4.28. The van der Waals surface area contributed by atoms with Gasteiger partial charge in [0, 0.05) is 11.7 Å². The minimum Gasteiger partial charge on any atom is -0.508 e. The molecule has 0 aromatic heterocycles. The van der Waals surface area contributed by atoms with E-state index >= 15 is 0 Å². The highest BCUT2D eigenvalue weighted by molar-refractivity contribution is 5.99. The Morgan fingerprint density at radius 1 is 1.38 bits per heavy atom. The van der Waals surface area contributed by atoms with Crippen LogP contribution >= 0.6 is 0 Å². The molecule has 0 aliphatic rings. The normalized spacial score (nSPS) is 12.5. The van der Waals surface area contributed by atoms with Gasteiger partial charge < -0.3 is 16.2 Å². The lowest BCUT2D eigenvalue weighted by Crippen LogP contribution is -2.36. The number of rotatable bonds is 3. The molecule has 1 aromatic carbocycles. The van der Waals surface area contributed by atoms with Crippen molar-refractivity contribution in [2.45, 2.75) is 26.8 Å². The lowest BCUT2D eigenvalue weighted by Gasteiger charge is -2.18. The van der Waals surface area contributed by atoms with Gasteiger partial charge in [-0.15, -0.1) is 0 Å². The first-order chi connectivity index (χ1) is 7.41. The van der Waals surface area contributed by atoms with Crippen molar-refractivity contribution in [1.82, 2.24) is 5.32 Å². The SMILES string of the molecule is CC(C)C(C)NC(=O)c1cc(O)ccc1N. The van der Waals surface area contributed by atoms with Gasteiger partial charge in [0.25, 0.3) is 5.91 Å². The van der Waals surface area contributed by atoms with E-state index in [1.54, 1.807) is 0 Å². The minimum atomic E-state index is -0.255. The van der Waals surface area contributed by atoms with Crippen LogP contribution < -0.4 is 11.1 Å². The fourth-order valence-corrected chi connectivity index (χ4v) is 1.19. The maximum Gasteiger partial charge on any atom is 0.253 e. The van der Waals surface area contributed by atoms with Gasteiger partial charge in [-0.2, -0.15) is 0 Å². The summed E-state index contributed by atoms with van der Waals surface area (Å²) in [5, 5.41) is 12.1. The standard InChI is InChI=1S/C12H18N2O2/c1-7(2)8(3)14-12(16)10-6-9(15)4-5-11(10)13/h4-8,15H,13H2,1-3H3,(H,14,16). The molecular formula is C12H18N2O2. The van der Waals surface area contributed by atoms with E-state index in [-0.39, 0.29) is 17.7 Å². The van der Waals surface area contributed by atoms with Crippen LogP contribution in [0.1, 0.15) is 31.1 Å². The summed E-state index contributed by atoms with van der Waals surface area (Å²) >= 11 is 0. The van der Waals surface area contributed by atoms with Gasteiger partial charge in [-0.1, -0.05) is 13.8 Å². The Kier molecular flexibility index (Phi) is 3.77. The molecule has 4 heteroatoms. The Balaban J connectivity index is 2.84. The maximum atomic E-state index is 11.8. The number of phenolic OH excluding ortho intramolecular Hbond substituents is 1. The molecule has 1 amide bonds. The Bertz CT molecular complexity index is 389. The van der Waals surface area contributed by atoms with Gasteiger partial charge in [0.15, 0.2) is 0 Å². The number of nitrogens with one attached hydrogen (secondary N) is 1. The third kappa shape index (κ3) is 2.89. The van der Waals surface area contributed by atoms with E-state index in [0.717, 1.165) is 0 Å². The van der Waals surface area contributed by atoms with Gasteiger partial charge >= 0.3 is 0 Å². The van der Waals surface area contributed by atoms with Gasteiger partial charge in [0.05, 0.1) is 5.56 Å². The zero-order valence-corrected chi connectivity index (χ0v) is 9.82. The first-order valence-corrected chi connectivity index (χ1v) is 5.31. The van der Waals surface area contributed by atoms with Crippen LogP contribution in [0.25, 0.3) is 0 Å². The average molecular weight is 222 g/mol. The Morgan fingerprint density at radius 3 is 2.56 bits per heavy atom. The molecule has 4 nitrogen and oxygen atoms in total. The largest absolute Gasteiger partial charge is 0.508 e. The third-order valence-corrected chi connectivity index (χ3v) is 2.64. The molecular weight excluding hydrogens is 204 g/mol. The van der Waals surface area contributed by atoms with Gasteiger partial charge in [-0.05, 0) is 31.0 Å². The van der Waals surface area contributed by atoms with E-state index in [4.69, 9.17) is 5.73 Å². The summed E-state index contributed by atoms with van der Waals surface area (Å²) in [5.74, 6) is 0.133. The maximum absolute atomic E-state index is 11.8. The molecule has 4 N–H and O–H groups in total. The fourth-order valence-electron chi connectivity index (χ4n) is 1.19. The van der Waals surface area contributed by atoms with Gasteiger partial charge in [0.2, 0.25) is 0 Å². The molecule has 88 valence electrons. The molecule has 0 bridgehead atoms. The second-order valence-corrected chi connectivity index (χ2v) is 4.28. The first-order valence-electron chi connectivity index (χ1n) is 5.31. The Hall–Kier alpha value is -1.71. The van der Waals surface area contributed by atoms with E-state index < -0.39 is 0 Å². The molecule has 1 atom stereocenters. The zero-order chi connectivity index (χ0) is 12.3. The van der Waals surface area contributed by atoms with Crippen molar-refractivity contribution >= 4 is 11.6 Å². The van der Waals surface area contributed by atoms with Crippen molar-refractivity contribution in [3.05, 3.63) is 23.8 Å². The molecule has 1 rings (SSSR count). The molecule has 0 fully saturated rings. The molecule has 1 unspecified atom stereocenters. The van der Waals surface area contributed by atoms with Gasteiger partial charge in [0.1, 0.15) is 5.75 Å². The number of benzene rings is 1. The van der Waals surface area contributed by atoms with Crippen LogP contribution in [0.4, 0.5) is 5.69 Å². The summed E-state index contributed by atoms with van der Waals surface area (Å²) in [6.07, 6.45) is 0. The van der Waals surface area contributed by atoms with E-state index in [1.165, 1.54) is 18.2 Å². The number of carbonyl (C=O) groups is 1. The summed E-state index contributed by atoms with van der Waals surface area (Å²) < 4.78 is 0. The summed E-state index contributed by atoms with van der Waals surface area (Å²) in [5.41, 5.74) is 6.35. The topological polar surface area (TPSA) is 75.3 Å². The Labute approximate surface area is 95.5 Å². The number of nitrogens with two attached hydrogens (primary N) is 1. The molecule has 0 saturated heterocycles. The lowest BCUT2D eigenvalue weighted by molar-refractivity contribution is 0.0931. The van der Waals surface area contributed by atoms with Crippen molar-refractivity contribution in [2.75, 3.05) is 5.73 Å². The summed E-state index contributed by atoms with van der Waals surface area (Å²) in [6, 6.07) is 4.41. The van der Waals surface area contributed by atoms with Crippen LogP contribution in [-0.4, -0.2) is 17.1 Å². The first kappa shape index (κ1) is 12.4. The average Bonchev–Trinajstić information content (AvgIpc) is 2.21. The Morgan fingerprint density at radius 2 is 2.00 bits per heavy atom. The molecule has 0 aliphatic carbocycles. The third-order valence-electron chi connectivity index (χ3n) is 2.64. The number of anilines is 1. The molecule has 0 aliphatic heterocycles. The number of aromatic hydroxyl groups is 1. The number of hydrogen-bond donors (Lipinski definition) is 3. The van der Waals surface area contributed by atoms with Crippen LogP contribution in [0, 0.1) is 5.92 Å². The van der Waals surface area contributed by atoms with E-state index in [9.17, 15) is 9.90 Å². The highest BCUT2D eigenvalue weighted by Crippen LogP contribution is 2.18. The predicted octanol–water partition coefficient (Wildman–Crippen LogP) is 1.75. The molecule has 1 aromatic rings. The molecule has 0 saturated carbocycles. The smallest absolute Gasteiger partial charge is 0.253 e. The summed E-state index contributed by atoms with van der Waals surface area (Å²) in [7, 11) is 0. The van der Waals surface area contributed by atoms with Crippen LogP contribution in [0.15, 0.2) is 18.2 Å². The van der Waals surface area contributed by atoms with Crippen LogP contribution in [0.3, 0.4) is 0 Å². The van der Waals surface area contributed by atoms with Crippen LogP contribution in [0.5, 0.6) is 5.75 Å². The number of hydrogen-bond acceptors (Lipinski definition) is 3. The van der Waals surface area contributed by atoms with Gasteiger partial charge in [-0.25, -0.2) is 0 Å². The molecule has 0 spiro atoms. The van der Waals surface area contributed by atoms with Crippen molar-refractivity contribution in [3.8, 4) is 5.75 Å². The highest BCUT2D eigenvalue weighted by atomic mass is 16.3. The van der Waals surface area contributed by atoms with Crippen molar-refractivity contribution < 1.29 is 9.90 Å². The lowest BCUT2D eigenvalue weighted by atomic mass is 10.1. The molecule has 0 heterocycles. The van der Waals surface area contributed by atoms with Crippen molar-refractivity contribution in [2.24, 2.45) is 5.92 Å². The monoisotopic (exact) mass is 222 g/mol. The predicted molar refractivity (Wildman–Crippen MR) is 64.3 cm³/mol. The van der Waals surface area contributed by atoms with Gasteiger partial charge in [-0.3, -0.25) is 4.79 Å². The quantitative estimate of drug-likeness (QED) is 0.538. The van der Waals surface area contributed by atoms with E-state index in [2.05, 4.69) is 5.32 Å². The van der Waals surface area contributed by atoms with Crippen molar-refractivity contribution in [3.63, 3.8) is 0 Å². The van der Waals surface area contributed by atoms with E-state index in [0.29, 0.717) is 17.2 Å².